The first-order valence-corrected chi connectivity index (χ1v) is 6.58. The van der Waals surface area contributed by atoms with E-state index in [2.05, 4.69) is 46.2 Å². The average molecular weight is 277 g/mol. The molecule has 0 saturated carbocycles. The molecule has 0 spiro atoms. The number of aromatic nitrogens is 2. The molecular weight excluding hydrogens is 260 g/mol. The van der Waals surface area contributed by atoms with Crippen LogP contribution < -0.4 is 10.2 Å². The number of halogens is 1. The van der Waals surface area contributed by atoms with E-state index in [1.807, 2.05) is 12.1 Å². The smallest absolute Gasteiger partial charge is 0.224 e. The van der Waals surface area contributed by atoms with Gasteiger partial charge in [-0.25, -0.2) is 4.98 Å². The summed E-state index contributed by atoms with van der Waals surface area (Å²) in [6, 6.07) is 8.26. The van der Waals surface area contributed by atoms with E-state index in [4.69, 9.17) is 11.6 Å². The van der Waals surface area contributed by atoms with Crippen molar-refractivity contribution in [1.82, 2.24) is 9.97 Å². The molecule has 1 heterocycles. The van der Waals surface area contributed by atoms with Crippen LogP contribution in [0.1, 0.15) is 12.5 Å². The zero-order chi connectivity index (χ0) is 13.8. The molecule has 5 heteroatoms. The van der Waals surface area contributed by atoms with Crippen LogP contribution in [0.3, 0.4) is 0 Å². The van der Waals surface area contributed by atoms with Gasteiger partial charge in [0.2, 0.25) is 5.95 Å². The molecule has 0 aliphatic carbocycles. The maximum Gasteiger partial charge on any atom is 0.224 e. The lowest BCUT2D eigenvalue weighted by molar-refractivity contribution is 0.976. The minimum atomic E-state index is 0.544. The number of hydrogen-bond acceptors (Lipinski definition) is 4. The summed E-state index contributed by atoms with van der Waals surface area (Å²) >= 11 is 6.22. The van der Waals surface area contributed by atoms with Crippen LogP contribution in [0.4, 0.5) is 17.5 Å². The first-order valence-electron chi connectivity index (χ1n) is 6.20. The number of nitrogens with zero attached hydrogens (tertiary/aromatic N) is 3. The fourth-order valence-electron chi connectivity index (χ4n) is 1.92. The standard InChI is InChI=1S/C14H17ClN4/c1-4-19(11-7-5-6-10(2)8-11)13-12(15)9-17-14(16-3)18-13/h5-9H,4H2,1-3H3,(H,16,17,18). The van der Waals surface area contributed by atoms with Gasteiger partial charge in [-0.05, 0) is 31.5 Å². The highest BCUT2D eigenvalue weighted by Gasteiger charge is 2.14. The minimum Gasteiger partial charge on any atom is -0.357 e. The van der Waals surface area contributed by atoms with Crippen molar-refractivity contribution in [3.8, 4) is 0 Å². The summed E-state index contributed by atoms with van der Waals surface area (Å²) in [5.41, 5.74) is 2.28. The third-order valence-corrected chi connectivity index (χ3v) is 3.10. The Bertz CT molecular complexity index is 571. The number of anilines is 3. The van der Waals surface area contributed by atoms with Crippen LogP contribution in [0.2, 0.25) is 5.02 Å². The van der Waals surface area contributed by atoms with E-state index in [1.54, 1.807) is 13.2 Å². The van der Waals surface area contributed by atoms with Gasteiger partial charge in [0.05, 0.1) is 6.20 Å². The monoisotopic (exact) mass is 276 g/mol. The quantitative estimate of drug-likeness (QED) is 0.926. The van der Waals surface area contributed by atoms with E-state index < -0.39 is 0 Å². The molecule has 2 rings (SSSR count). The molecule has 4 nitrogen and oxygen atoms in total. The second-order valence-corrected chi connectivity index (χ2v) is 4.61. The van der Waals surface area contributed by atoms with E-state index in [1.165, 1.54) is 5.56 Å². The lowest BCUT2D eigenvalue weighted by Gasteiger charge is -2.23. The summed E-state index contributed by atoms with van der Waals surface area (Å²) in [7, 11) is 1.79. The highest BCUT2D eigenvalue weighted by molar-refractivity contribution is 6.33. The highest BCUT2D eigenvalue weighted by atomic mass is 35.5. The van der Waals surface area contributed by atoms with E-state index >= 15 is 0 Å². The van der Waals surface area contributed by atoms with Gasteiger partial charge in [0.15, 0.2) is 5.82 Å². The zero-order valence-electron chi connectivity index (χ0n) is 11.3. The fraction of sp³-hybridized carbons (Fsp3) is 0.286. The number of hydrogen-bond donors (Lipinski definition) is 1. The molecule has 0 fully saturated rings. The molecule has 0 aliphatic heterocycles. The molecule has 0 amide bonds. The average Bonchev–Trinajstić information content (AvgIpc) is 2.42. The van der Waals surface area contributed by atoms with Gasteiger partial charge in [-0.2, -0.15) is 4.98 Å². The molecular formula is C14H17ClN4. The summed E-state index contributed by atoms with van der Waals surface area (Å²) in [5.74, 6) is 1.28. The second kappa shape index (κ2) is 5.89. The van der Waals surface area contributed by atoms with Gasteiger partial charge in [-0.1, -0.05) is 23.7 Å². The van der Waals surface area contributed by atoms with Gasteiger partial charge in [0.25, 0.3) is 0 Å². The molecule has 100 valence electrons. The lowest BCUT2D eigenvalue weighted by Crippen LogP contribution is -2.18. The molecule has 0 aliphatic rings. The van der Waals surface area contributed by atoms with Crippen LogP contribution in [0.25, 0.3) is 0 Å². The topological polar surface area (TPSA) is 41.1 Å². The van der Waals surface area contributed by atoms with Gasteiger partial charge in [0.1, 0.15) is 5.02 Å². The van der Waals surface area contributed by atoms with E-state index in [0.29, 0.717) is 16.8 Å². The first-order chi connectivity index (χ1) is 9.15. The number of benzene rings is 1. The van der Waals surface area contributed by atoms with Gasteiger partial charge < -0.3 is 10.2 Å². The molecule has 1 aromatic heterocycles. The van der Waals surface area contributed by atoms with E-state index in [0.717, 1.165) is 12.2 Å². The predicted molar refractivity (Wildman–Crippen MR) is 80.4 cm³/mol. The molecule has 1 N–H and O–H groups in total. The largest absolute Gasteiger partial charge is 0.357 e. The van der Waals surface area contributed by atoms with Crippen LogP contribution in [0, 0.1) is 6.92 Å². The molecule has 0 unspecified atom stereocenters. The zero-order valence-corrected chi connectivity index (χ0v) is 12.1. The number of rotatable bonds is 4. The lowest BCUT2D eigenvalue weighted by atomic mass is 10.2. The molecule has 1 aromatic carbocycles. The maximum absolute atomic E-state index is 6.22. The third kappa shape index (κ3) is 2.96. The fourth-order valence-corrected chi connectivity index (χ4v) is 2.11. The Balaban J connectivity index is 2.47. The number of nitrogens with one attached hydrogen (secondary N) is 1. The molecule has 0 atom stereocenters. The van der Waals surface area contributed by atoms with Crippen molar-refractivity contribution >= 4 is 29.1 Å². The predicted octanol–water partition coefficient (Wildman–Crippen LogP) is 3.64. The minimum absolute atomic E-state index is 0.544. The van der Waals surface area contributed by atoms with Gasteiger partial charge >= 0.3 is 0 Å². The summed E-state index contributed by atoms with van der Waals surface area (Å²) < 4.78 is 0. The van der Waals surface area contributed by atoms with Crippen molar-refractivity contribution in [3.05, 3.63) is 41.0 Å². The summed E-state index contributed by atoms with van der Waals surface area (Å²) in [6.45, 7) is 4.92. The van der Waals surface area contributed by atoms with Crippen LogP contribution in [0.5, 0.6) is 0 Å². The molecule has 0 bridgehead atoms. The Morgan fingerprint density at radius 1 is 1.37 bits per heavy atom. The van der Waals surface area contributed by atoms with Crippen LogP contribution in [-0.2, 0) is 0 Å². The van der Waals surface area contributed by atoms with Crippen LogP contribution in [0.15, 0.2) is 30.5 Å². The Hall–Kier alpha value is -1.81. The summed E-state index contributed by atoms with van der Waals surface area (Å²) in [4.78, 5) is 10.6. The summed E-state index contributed by atoms with van der Waals surface area (Å²) in [5, 5.41) is 3.47. The highest BCUT2D eigenvalue weighted by Crippen LogP contribution is 2.30. The molecule has 2 aromatic rings. The van der Waals surface area contributed by atoms with Gasteiger partial charge in [-0.3, -0.25) is 0 Å². The molecule has 19 heavy (non-hydrogen) atoms. The Morgan fingerprint density at radius 2 is 2.16 bits per heavy atom. The first kappa shape index (κ1) is 13.6. The SMILES string of the molecule is CCN(c1cccc(C)c1)c1nc(NC)ncc1Cl. The summed E-state index contributed by atoms with van der Waals surface area (Å²) in [6.07, 6.45) is 1.62. The third-order valence-electron chi connectivity index (χ3n) is 2.83. The van der Waals surface area contributed by atoms with Crippen LogP contribution >= 0.6 is 11.6 Å². The van der Waals surface area contributed by atoms with Crippen molar-refractivity contribution in [2.24, 2.45) is 0 Å². The molecule has 0 radical (unpaired) electrons. The van der Waals surface area contributed by atoms with E-state index in [-0.39, 0.29) is 0 Å². The van der Waals surface area contributed by atoms with E-state index in [9.17, 15) is 0 Å². The van der Waals surface area contributed by atoms with Gasteiger partial charge in [0, 0.05) is 19.3 Å². The Morgan fingerprint density at radius 3 is 2.79 bits per heavy atom. The van der Waals surface area contributed by atoms with Crippen LogP contribution in [-0.4, -0.2) is 23.6 Å². The Kier molecular flexibility index (Phi) is 4.22. The van der Waals surface area contributed by atoms with Crippen molar-refractivity contribution < 1.29 is 0 Å². The maximum atomic E-state index is 6.22. The number of aryl methyl sites for hydroxylation is 1. The van der Waals surface area contributed by atoms with Crippen molar-refractivity contribution in [2.75, 3.05) is 23.8 Å². The van der Waals surface area contributed by atoms with Crippen molar-refractivity contribution in [1.29, 1.82) is 0 Å². The molecule has 0 saturated heterocycles. The van der Waals surface area contributed by atoms with Crippen molar-refractivity contribution in [3.63, 3.8) is 0 Å². The Labute approximate surface area is 118 Å². The van der Waals surface area contributed by atoms with Crippen molar-refractivity contribution in [2.45, 2.75) is 13.8 Å². The van der Waals surface area contributed by atoms with Gasteiger partial charge in [-0.15, -0.1) is 0 Å². The normalized spacial score (nSPS) is 10.3. The second-order valence-electron chi connectivity index (χ2n) is 4.20.